The van der Waals surface area contributed by atoms with Crippen LogP contribution >= 0.6 is 11.3 Å². The summed E-state index contributed by atoms with van der Waals surface area (Å²) in [6.45, 7) is 14.0. The summed E-state index contributed by atoms with van der Waals surface area (Å²) in [4.78, 5) is 0. The number of rotatable bonds is 4. The van der Waals surface area contributed by atoms with Gasteiger partial charge in [0.1, 0.15) is 0 Å². The molecule has 0 saturated carbocycles. The number of benzene rings is 8. The maximum atomic E-state index is 4.14. The van der Waals surface area contributed by atoms with E-state index in [0.29, 0.717) is 0 Å². The quantitative estimate of drug-likeness (QED) is 0.188. The SMILES string of the molecule is CC(C)(C)c1ccc2c(c1)C1(c3cc(C(C)(C)C)ccc3-2)c2ccccc2-c2c(Nc3ccc(-c4ccccc4)c4sc5c(-c6ccccc6)cccc5c34)cccc21. The van der Waals surface area contributed by atoms with Crippen molar-refractivity contribution in [1.29, 1.82) is 0 Å². The van der Waals surface area contributed by atoms with Crippen molar-refractivity contribution in [3.8, 4) is 44.5 Å². The molecule has 0 bridgehead atoms. The first-order valence-corrected chi connectivity index (χ1v) is 21.7. The fraction of sp³-hybridized carbons (Fsp3) is 0.158. The monoisotopic (exact) mass is 777 g/mol. The van der Waals surface area contributed by atoms with Gasteiger partial charge in [-0.1, -0.05) is 199 Å². The zero-order chi connectivity index (χ0) is 40.3. The molecular weight excluding hydrogens is 731 g/mol. The average Bonchev–Trinajstić information content (AvgIpc) is 3.88. The number of anilines is 2. The Balaban J connectivity index is 1.18. The summed E-state index contributed by atoms with van der Waals surface area (Å²) in [5, 5.41) is 6.68. The van der Waals surface area contributed by atoms with Gasteiger partial charge in [0.2, 0.25) is 0 Å². The topological polar surface area (TPSA) is 12.0 Å². The van der Waals surface area contributed by atoms with E-state index in [1.165, 1.54) is 98.1 Å². The zero-order valence-corrected chi connectivity index (χ0v) is 35.4. The second-order valence-electron chi connectivity index (χ2n) is 18.6. The molecule has 0 unspecified atom stereocenters. The molecule has 0 amide bonds. The van der Waals surface area contributed by atoms with Crippen LogP contribution in [0.2, 0.25) is 0 Å². The van der Waals surface area contributed by atoms with Crippen molar-refractivity contribution in [3.63, 3.8) is 0 Å². The normalized spacial score (nSPS) is 13.7. The van der Waals surface area contributed by atoms with Crippen molar-refractivity contribution in [3.05, 3.63) is 203 Å². The van der Waals surface area contributed by atoms with Gasteiger partial charge in [-0.15, -0.1) is 11.3 Å². The molecule has 0 aliphatic heterocycles. The molecule has 1 nitrogen and oxygen atoms in total. The second-order valence-corrected chi connectivity index (χ2v) is 19.6. The van der Waals surface area contributed by atoms with E-state index < -0.39 is 5.41 Å². The lowest BCUT2D eigenvalue weighted by Gasteiger charge is -2.33. The van der Waals surface area contributed by atoms with Crippen LogP contribution in [0.4, 0.5) is 11.4 Å². The summed E-state index contributed by atoms with van der Waals surface area (Å²) in [6.07, 6.45) is 0. The Morgan fingerprint density at radius 1 is 0.407 bits per heavy atom. The predicted octanol–water partition coefficient (Wildman–Crippen LogP) is 16.1. The van der Waals surface area contributed by atoms with Crippen LogP contribution in [-0.2, 0) is 16.2 Å². The molecule has 11 rings (SSSR count). The number of nitrogens with one attached hydrogen (secondary N) is 1. The molecule has 2 aliphatic carbocycles. The first-order valence-electron chi connectivity index (χ1n) is 20.9. The summed E-state index contributed by atoms with van der Waals surface area (Å²) in [5.41, 5.74) is 20.3. The molecule has 286 valence electrons. The third-order valence-corrected chi connectivity index (χ3v) is 14.3. The minimum atomic E-state index is -0.455. The van der Waals surface area contributed by atoms with Gasteiger partial charge in [0.15, 0.2) is 0 Å². The Kier molecular flexibility index (Phi) is 7.84. The Morgan fingerprint density at radius 2 is 0.932 bits per heavy atom. The molecule has 1 spiro atoms. The molecule has 0 saturated heterocycles. The van der Waals surface area contributed by atoms with E-state index in [-0.39, 0.29) is 10.8 Å². The van der Waals surface area contributed by atoms with Gasteiger partial charge >= 0.3 is 0 Å². The van der Waals surface area contributed by atoms with Gasteiger partial charge in [-0.05, 0) is 95.3 Å². The Bertz CT molecular complexity index is 3070. The summed E-state index contributed by atoms with van der Waals surface area (Å²) in [6, 6.07) is 63.9. The molecule has 0 atom stereocenters. The minimum Gasteiger partial charge on any atom is -0.354 e. The second kappa shape index (κ2) is 12.9. The highest BCUT2D eigenvalue weighted by Crippen LogP contribution is 2.65. The van der Waals surface area contributed by atoms with Crippen molar-refractivity contribution < 1.29 is 0 Å². The molecular formula is C57H47NS. The smallest absolute Gasteiger partial charge is 0.0726 e. The van der Waals surface area contributed by atoms with E-state index in [9.17, 15) is 0 Å². The van der Waals surface area contributed by atoms with Gasteiger partial charge in [0, 0.05) is 37.1 Å². The third-order valence-electron chi connectivity index (χ3n) is 13.0. The van der Waals surface area contributed by atoms with Crippen LogP contribution in [0.25, 0.3) is 64.7 Å². The minimum absolute atomic E-state index is 0.00684. The standard InChI is InChI=1S/C57H47NS/c1-55(2,3)37-27-29-41-42-30-28-38(56(4,5)6)34-48(42)57(47(41)33-37)45-24-14-13-21-43(45)51-46(57)25-16-26-49(51)58-50-32-31-40(36-19-11-8-12-20-36)54-52(50)44-23-15-22-39(53(44)59-54)35-17-9-7-10-18-35/h7-34,58H,1-6H3. The Hall–Kier alpha value is -6.22. The van der Waals surface area contributed by atoms with Gasteiger partial charge in [-0.25, -0.2) is 0 Å². The lowest BCUT2D eigenvalue weighted by atomic mass is 9.69. The van der Waals surface area contributed by atoms with Crippen molar-refractivity contribution in [2.24, 2.45) is 0 Å². The van der Waals surface area contributed by atoms with Gasteiger partial charge < -0.3 is 5.32 Å². The first kappa shape index (κ1) is 35.9. The molecule has 59 heavy (non-hydrogen) atoms. The molecule has 8 aromatic carbocycles. The van der Waals surface area contributed by atoms with Gasteiger partial charge in [0.05, 0.1) is 5.41 Å². The highest BCUT2D eigenvalue weighted by Gasteiger charge is 2.52. The van der Waals surface area contributed by atoms with Gasteiger partial charge in [0.25, 0.3) is 0 Å². The van der Waals surface area contributed by atoms with E-state index in [2.05, 4.69) is 217 Å². The van der Waals surface area contributed by atoms with Crippen molar-refractivity contribution in [2.75, 3.05) is 5.32 Å². The molecule has 1 N–H and O–H groups in total. The van der Waals surface area contributed by atoms with Crippen molar-refractivity contribution in [2.45, 2.75) is 57.8 Å². The Labute approximate surface area is 352 Å². The lowest BCUT2D eigenvalue weighted by Crippen LogP contribution is -2.27. The maximum Gasteiger partial charge on any atom is 0.0726 e. The lowest BCUT2D eigenvalue weighted by molar-refractivity contribution is 0.586. The van der Waals surface area contributed by atoms with E-state index >= 15 is 0 Å². The fourth-order valence-electron chi connectivity index (χ4n) is 10.1. The van der Waals surface area contributed by atoms with Crippen LogP contribution in [0.1, 0.15) is 74.9 Å². The van der Waals surface area contributed by atoms with E-state index in [0.717, 1.165) is 11.4 Å². The molecule has 0 fully saturated rings. The number of hydrogen-bond acceptors (Lipinski definition) is 2. The van der Waals surface area contributed by atoms with Gasteiger partial charge in [-0.3, -0.25) is 0 Å². The van der Waals surface area contributed by atoms with Crippen LogP contribution in [0, 0.1) is 0 Å². The van der Waals surface area contributed by atoms with Crippen LogP contribution in [0.3, 0.4) is 0 Å². The molecule has 1 aromatic heterocycles. The molecule has 1 heterocycles. The van der Waals surface area contributed by atoms with Gasteiger partial charge in [-0.2, -0.15) is 0 Å². The van der Waals surface area contributed by atoms with Crippen LogP contribution < -0.4 is 5.32 Å². The van der Waals surface area contributed by atoms with E-state index in [1.807, 2.05) is 11.3 Å². The maximum absolute atomic E-state index is 4.14. The van der Waals surface area contributed by atoms with Crippen molar-refractivity contribution in [1.82, 2.24) is 0 Å². The third kappa shape index (κ3) is 5.29. The number of hydrogen-bond donors (Lipinski definition) is 1. The molecule has 0 radical (unpaired) electrons. The first-order chi connectivity index (χ1) is 28.5. The summed E-state index contributed by atoms with van der Waals surface area (Å²) in [7, 11) is 0. The molecule has 2 aliphatic rings. The van der Waals surface area contributed by atoms with E-state index in [1.54, 1.807) is 0 Å². The summed E-state index contributed by atoms with van der Waals surface area (Å²) < 4.78 is 2.61. The average molecular weight is 778 g/mol. The van der Waals surface area contributed by atoms with Crippen LogP contribution in [0.5, 0.6) is 0 Å². The summed E-state index contributed by atoms with van der Waals surface area (Å²) >= 11 is 1.91. The number of fused-ring (bicyclic) bond motifs is 13. The van der Waals surface area contributed by atoms with Crippen LogP contribution in [0.15, 0.2) is 170 Å². The summed E-state index contributed by atoms with van der Waals surface area (Å²) in [5.74, 6) is 0. The fourth-order valence-corrected chi connectivity index (χ4v) is 11.5. The Morgan fingerprint density at radius 3 is 1.56 bits per heavy atom. The van der Waals surface area contributed by atoms with Crippen molar-refractivity contribution >= 4 is 42.9 Å². The van der Waals surface area contributed by atoms with E-state index in [4.69, 9.17) is 0 Å². The predicted molar refractivity (Wildman–Crippen MR) is 254 cm³/mol. The highest BCUT2D eigenvalue weighted by molar-refractivity contribution is 7.27. The number of thiophene rings is 1. The largest absolute Gasteiger partial charge is 0.354 e. The molecule has 9 aromatic rings. The highest BCUT2D eigenvalue weighted by atomic mass is 32.1. The zero-order valence-electron chi connectivity index (χ0n) is 34.6. The molecule has 2 heteroatoms. The van der Waals surface area contributed by atoms with Crippen LogP contribution in [-0.4, -0.2) is 0 Å².